The van der Waals surface area contributed by atoms with E-state index in [4.69, 9.17) is 15.2 Å². The highest BCUT2D eigenvalue weighted by atomic mass is 32.2. The summed E-state index contributed by atoms with van der Waals surface area (Å²) in [5, 5.41) is 0. The van der Waals surface area contributed by atoms with Crippen LogP contribution in [0.15, 0.2) is 54.6 Å². The third-order valence-corrected chi connectivity index (χ3v) is 7.99. The number of ether oxygens (including phenoxy) is 2. The fourth-order valence-electron chi connectivity index (χ4n) is 4.35. The van der Waals surface area contributed by atoms with E-state index in [1.165, 1.54) is 5.56 Å². The van der Waals surface area contributed by atoms with Crippen LogP contribution in [0.1, 0.15) is 23.5 Å². The molecule has 4 rings (SSSR count). The number of hydrogen-bond acceptors (Lipinski definition) is 5. The molecule has 2 aliphatic heterocycles. The average Bonchev–Trinajstić information content (AvgIpc) is 2.84. The number of rotatable bonds is 7. The summed E-state index contributed by atoms with van der Waals surface area (Å²) in [4.78, 5) is 0. The molecule has 0 amide bonds. The van der Waals surface area contributed by atoms with Crippen molar-refractivity contribution in [2.24, 2.45) is 11.7 Å². The molecule has 2 aromatic carbocycles. The Morgan fingerprint density at radius 3 is 2.52 bits per heavy atom. The number of hydrogen-bond donors (Lipinski definition) is 1. The molecule has 2 saturated heterocycles. The van der Waals surface area contributed by atoms with Crippen molar-refractivity contribution >= 4 is 10.2 Å². The van der Waals surface area contributed by atoms with Crippen LogP contribution in [0, 0.1) is 5.92 Å². The summed E-state index contributed by atoms with van der Waals surface area (Å²) in [7, 11) is -3.54. The second-order valence-electron chi connectivity index (χ2n) is 8.21. The molecule has 8 heteroatoms. The summed E-state index contributed by atoms with van der Waals surface area (Å²) in [5.74, 6) is 0.999. The molecule has 0 radical (unpaired) electrons. The van der Waals surface area contributed by atoms with Crippen LogP contribution in [0.2, 0.25) is 0 Å². The molecule has 0 unspecified atom stereocenters. The van der Waals surface area contributed by atoms with Gasteiger partial charge in [-0.05, 0) is 35.6 Å². The predicted molar refractivity (Wildman–Crippen MR) is 120 cm³/mol. The third kappa shape index (κ3) is 5.45. The highest BCUT2D eigenvalue weighted by Gasteiger charge is 2.38. The Bertz CT molecular complexity index is 948. The molecule has 2 N–H and O–H groups in total. The minimum absolute atomic E-state index is 0.0938. The van der Waals surface area contributed by atoms with Crippen molar-refractivity contribution in [3.05, 3.63) is 65.7 Å². The van der Waals surface area contributed by atoms with Crippen molar-refractivity contribution in [3.63, 3.8) is 0 Å². The quantitative estimate of drug-likeness (QED) is 0.706. The van der Waals surface area contributed by atoms with E-state index < -0.39 is 10.2 Å². The lowest BCUT2D eigenvalue weighted by atomic mass is 9.86. The van der Waals surface area contributed by atoms with Crippen molar-refractivity contribution in [1.29, 1.82) is 0 Å². The van der Waals surface area contributed by atoms with Crippen molar-refractivity contribution in [2.75, 3.05) is 46.0 Å². The number of piperidine rings is 1. The van der Waals surface area contributed by atoms with Gasteiger partial charge in [0, 0.05) is 38.6 Å². The molecule has 2 aliphatic rings. The standard InChI is InChI=1S/C23H31N3O4S/c24-15-19-5-4-8-23(14-19)30-18-20-13-22(21-6-2-1-3-7-21)17-26(16-20)31(27,28)25-9-11-29-12-10-25/h1-8,14,20,22H,9-13,15-18,24H2/t20-,22+/m1/s1. The second-order valence-corrected chi connectivity index (χ2v) is 10.1. The minimum Gasteiger partial charge on any atom is -0.493 e. The van der Waals surface area contributed by atoms with Crippen LogP contribution in [0.25, 0.3) is 0 Å². The van der Waals surface area contributed by atoms with Crippen LogP contribution in [-0.2, 0) is 21.5 Å². The van der Waals surface area contributed by atoms with E-state index in [2.05, 4.69) is 12.1 Å². The van der Waals surface area contributed by atoms with Crippen LogP contribution in [0.4, 0.5) is 0 Å². The SMILES string of the molecule is NCc1cccc(OC[C@@H]2C[C@H](c3ccccc3)CN(S(=O)(=O)N3CCOCC3)C2)c1. The first-order chi connectivity index (χ1) is 15.1. The Hall–Kier alpha value is -1.97. The topological polar surface area (TPSA) is 85.1 Å². The average molecular weight is 446 g/mol. The van der Waals surface area contributed by atoms with Gasteiger partial charge in [-0.15, -0.1) is 0 Å². The van der Waals surface area contributed by atoms with E-state index in [0.29, 0.717) is 52.5 Å². The maximum absolute atomic E-state index is 13.4. The number of morpholine rings is 1. The molecule has 2 aromatic rings. The van der Waals surface area contributed by atoms with E-state index in [1.807, 2.05) is 42.5 Å². The van der Waals surface area contributed by atoms with Gasteiger partial charge in [-0.1, -0.05) is 42.5 Å². The molecular weight excluding hydrogens is 414 g/mol. The highest BCUT2D eigenvalue weighted by molar-refractivity contribution is 7.86. The van der Waals surface area contributed by atoms with Gasteiger partial charge in [0.05, 0.1) is 19.8 Å². The number of nitrogens with two attached hydrogens (primary N) is 1. The Balaban J connectivity index is 1.51. The first-order valence-electron chi connectivity index (χ1n) is 10.9. The molecule has 2 fully saturated rings. The second kappa shape index (κ2) is 10.1. The molecule has 0 aromatic heterocycles. The molecule has 2 heterocycles. The van der Waals surface area contributed by atoms with Gasteiger partial charge in [-0.3, -0.25) is 0 Å². The lowest BCUT2D eigenvalue weighted by Gasteiger charge is -2.40. The molecule has 0 aliphatic carbocycles. The van der Waals surface area contributed by atoms with Crippen LogP contribution in [0.5, 0.6) is 5.75 Å². The van der Waals surface area contributed by atoms with Crippen LogP contribution < -0.4 is 10.5 Å². The fourth-order valence-corrected chi connectivity index (χ4v) is 6.06. The van der Waals surface area contributed by atoms with Gasteiger partial charge in [-0.2, -0.15) is 17.0 Å². The summed E-state index contributed by atoms with van der Waals surface area (Å²) in [6, 6.07) is 17.9. The Morgan fingerprint density at radius 2 is 1.77 bits per heavy atom. The molecule has 168 valence electrons. The van der Waals surface area contributed by atoms with Gasteiger partial charge in [-0.25, -0.2) is 0 Å². The van der Waals surface area contributed by atoms with E-state index in [0.717, 1.165) is 17.7 Å². The molecule has 0 saturated carbocycles. The molecular formula is C23H31N3O4S. The van der Waals surface area contributed by atoms with Crippen LogP contribution in [0.3, 0.4) is 0 Å². The normalized spacial score (nSPS) is 23.5. The smallest absolute Gasteiger partial charge is 0.282 e. The van der Waals surface area contributed by atoms with Gasteiger partial charge in [0.1, 0.15) is 5.75 Å². The molecule has 31 heavy (non-hydrogen) atoms. The van der Waals surface area contributed by atoms with Crippen LogP contribution >= 0.6 is 0 Å². The van der Waals surface area contributed by atoms with Gasteiger partial charge in [0.15, 0.2) is 0 Å². The van der Waals surface area contributed by atoms with E-state index in [9.17, 15) is 8.42 Å². The Labute approximate surface area is 184 Å². The summed E-state index contributed by atoms with van der Waals surface area (Å²) in [6.45, 7) is 3.57. The largest absolute Gasteiger partial charge is 0.493 e. The zero-order valence-electron chi connectivity index (χ0n) is 17.7. The summed E-state index contributed by atoms with van der Waals surface area (Å²) < 4.78 is 41.3. The van der Waals surface area contributed by atoms with Gasteiger partial charge >= 0.3 is 0 Å². The van der Waals surface area contributed by atoms with Gasteiger partial charge in [0.2, 0.25) is 0 Å². The highest BCUT2D eigenvalue weighted by Crippen LogP contribution is 2.33. The van der Waals surface area contributed by atoms with E-state index in [-0.39, 0.29) is 11.8 Å². The third-order valence-electron chi connectivity index (χ3n) is 6.02. The molecule has 0 spiro atoms. The first-order valence-corrected chi connectivity index (χ1v) is 12.3. The lowest BCUT2D eigenvalue weighted by Crippen LogP contribution is -2.53. The van der Waals surface area contributed by atoms with Gasteiger partial charge < -0.3 is 15.2 Å². The minimum atomic E-state index is -3.54. The van der Waals surface area contributed by atoms with E-state index >= 15 is 0 Å². The number of benzene rings is 2. The zero-order valence-corrected chi connectivity index (χ0v) is 18.5. The van der Waals surface area contributed by atoms with Crippen molar-refractivity contribution in [1.82, 2.24) is 8.61 Å². The van der Waals surface area contributed by atoms with Crippen molar-refractivity contribution in [2.45, 2.75) is 18.9 Å². The monoisotopic (exact) mass is 445 g/mol. The summed E-state index contributed by atoms with van der Waals surface area (Å²) in [6.07, 6.45) is 0.885. The maximum atomic E-state index is 13.4. The molecule has 2 atom stereocenters. The Kier molecular flexibility index (Phi) is 7.24. The van der Waals surface area contributed by atoms with Crippen molar-refractivity contribution in [3.8, 4) is 5.75 Å². The maximum Gasteiger partial charge on any atom is 0.282 e. The number of nitrogens with zero attached hydrogens (tertiary/aromatic N) is 2. The van der Waals surface area contributed by atoms with Crippen molar-refractivity contribution < 1.29 is 17.9 Å². The molecule has 7 nitrogen and oxygen atoms in total. The van der Waals surface area contributed by atoms with Gasteiger partial charge in [0.25, 0.3) is 10.2 Å². The first kappa shape index (κ1) is 22.2. The molecule has 0 bridgehead atoms. The van der Waals surface area contributed by atoms with Crippen LogP contribution in [-0.4, -0.2) is 63.0 Å². The summed E-state index contributed by atoms with van der Waals surface area (Å²) >= 11 is 0. The summed E-state index contributed by atoms with van der Waals surface area (Å²) in [5.41, 5.74) is 7.91. The predicted octanol–water partition coefficient (Wildman–Crippen LogP) is 2.21. The fraction of sp³-hybridized carbons (Fsp3) is 0.478. The lowest BCUT2D eigenvalue weighted by molar-refractivity contribution is 0.0679. The van der Waals surface area contributed by atoms with E-state index in [1.54, 1.807) is 8.61 Å². The Morgan fingerprint density at radius 1 is 1.00 bits per heavy atom. The zero-order chi connectivity index (χ0) is 21.7.